The quantitative estimate of drug-likeness (QED) is 0.817. The highest BCUT2D eigenvalue weighted by Crippen LogP contribution is 2.14. The Hall–Kier alpha value is -0.760. The van der Waals surface area contributed by atoms with Gasteiger partial charge in [0, 0.05) is 26.2 Å². The van der Waals surface area contributed by atoms with Gasteiger partial charge in [-0.15, -0.1) is 10.2 Å². The minimum absolute atomic E-state index is 0.242. The van der Waals surface area contributed by atoms with Gasteiger partial charge in [0.05, 0.1) is 0 Å². The average molecular weight is 262 g/mol. The van der Waals surface area contributed by atoms with E-state index in [4.69, 9.17) is 11.6 Å². The topological polar surface area (TPSA) is 61.4 Å². The Morgan fingerprint density at radius 3 is 2.62 bits per heavy atom. The van der Waals surface area contributed by atoms with Crippen LogP contribution in [0, 0.1) is 0 Å². The monoisotopic (exact) mass is 261 g/mol. The lowest BCUT2D eigenvalue weighted by molar-refractivity contribution is 0.0661. The van der Waals surface area contributed by atoms with E-state index in [0.717, 1.165) is 37.5 Å². The molecule has 16 heavy (non-hydrogen) atoms. The third-order valence-electron chi connectivity index (χ3n) is 2.36. The maximum absolute atomic E-state index is 11.7. The van der Waals surface area contributed by atoms with Gasteiger partial charge in [-0.05, 0) is 18.6 Å². The lowest BCUT2D eigenvalue weighted by Gasteiger charge is -2.31. The zero-order chi connectivity index (χ0) is 11.5. The Morgan fingerprint density at radius 1 is 1.38 bits per heavy atom. The van der Waals surface area contributed by atoms with Crippen molar-refractivity contribution < 1.29 is 4.79 Å². The Morgan fingerprint density at radius 2 is 2.06 bits per heavy atom. The van der Waals surface area contributed by atoms with Gasteiger partial charge in [-0.25, -0.2) is 5.01 Å². The highest BCUT2D eigenvalue weighted by molar-refractivity contribution is 7.17. The molecule has 1 N–H and O–H groups in total. The number of amides is 1. The Labute approximate surface area is 102 Å². The van der Waals surface area contributed by atoms with Gasteiger partial charge in [0.25, 0.3) is 5.91 Å². The summed E-state index contributed by atoms with van der Waals surface area (Å²) in [6.45, 7) is 3.51. The standard InChI is InChI=1S/C8H12ClN5OS/c1-13-2-4-14(5-3-13)12-6(15)7-10-11-8(9)16-7/h2-5H2,1H3,(H,12,15). The van der Waals surface area contributed by atoms with E-state index in [0.29, 0.717) is 5.01 Å². The number of rotatable bonds is 2. The van der Waals surface area contributed by atoms with E-state index in [1.54, 1.807) is 0 Å². The molecule has 1 aromatic heterocycles. The largest absolute Gasteiger partial charge is 0.304 e. The van der Waals surface area contributed by atoms with Crippen molar-refractivity contribution in [2.24, 2.45) is 0 Å². The first-order valence-electron chi connectivity index (χ1n) is 4.88. The maximum Gasteiger partial charge on any atom is 0.296 e. The zero-order valence-corrected chi connectivity index (χ0v) is 10.4. The second kappa shape index (κ2) is 5.05. The fraction of sp³-hybridized carbons (Fsp3) is 0.625. The van der Waals surface area contributed by atoms with E-state index in [2.05, 4.69) is 27.6 Å². The van der Waals surface area contributed by atoms with Crippen LogP contribution in [0.1, 0.15) is 9.80 Å². The van der Waals surface area contributed by atoms with E-state index >= 15 is 0 Å². The maximum atomic E-state index is 11.7. The number of hydrogen-bond acceptors (Lipinski definition) is 6. The number of hydrazine groups is 1. The van der Waals surface area contributed by atoms with Crippen LogP contribution in [0.4, 0.5) is 0 Å². The summed E-state index contributed by atoms with van der Waals surface area (Å²) >= 11 is 6.69. The third-order valence-corrected chi connectivity index (χ3v) is 3.38. The van der Waals surface area contributed by atoms with Crippen molar-refractivity contribution in [2.75, 3.05) is 33.2 Å². The molecule has 2 heterocycles. The predicted molar refractivity (Wildman–Crippen MR) is 61.5 cm³/mol. The molecular formula is C8H12ClN5OS. The van der Waals surface area contributed by atoms with Gasteiger partial charge in [-0.3, -0.25) is 10.2 Å². The van der Waals surface area contributed by atoms with Crippen molar-refractivity contribution in [1.82, 2.24) is 25.5 Å². The minimum atomic E-state index is -0.242. The molecule has 1 amide bonds. The summed E-state index contributed by atoms with van der Waals surface area (Å²) in [5, 5.41) is 9.45. The average Bonchev–Trinajstić information content (AvgIpc) is 2.68. The number of hydrogen-bond donors (Lipinski definition) is 1. The van der Waals surface area contributed by atoms with E-state index in [9.17, 15) is 4.79 Å². The molecular weight excluding hydrogens is 250 g/mol. The summed E-state index contributed by atoms with van der Waals surface area (Å²) in [4.78, 5) is 13.9. The SMILES string of the molecule is CN1CCN(NC(=O)c2nnc(Cl)s2)CC1. The van der Waals surface area contributed by atoms with E-state index in [-0.39, 0.29) is 10.4 Å². The smallest absolute Gasteiger partial charge is 0.296 e. The number of carbonyl (C=O) groups is 1. The molecule has 0 aliphatic carbocycles. The van der Waals surface area contributed by atoms with Crippen LogP contribution in [0.5, 0.6) is 0 Å². The first kappa shape index (κ1) is 11.7. The summed E-state index contributed by atoms with van der Waals surface area (Å²) in [6, 6.07) is 0. The summed E-state index contributed by atoms with van der Waals surface area (Å²) < 4.78 is 0.281. The van der Waals surface area contributed by atoms with Crippen LogP contribution in [0.3, 0.4) is 0 Å². The van der Waals surface area contributed by atoms with Crippen LogP contribution in [-0.4, -0.2) is 59.2 Å². The molecule has 6 nitrogen and oxygen atoms in total. The van der Waals surface area contributed by atoms with E-state index < -0.39 is 0 Å². The molecule has 2 rings (SSSR count). The number of aromatic nitrogens is 2. The number of nitrogens with zero attached hydrogens (tertiary/aromatic N) is 4. The highest BCUT2D eigenvalue weighted by atomic mass is 35.5. The molecule has 0 radical (unpaired) electrons. The lowest BCUT2D eigenvalue weighted by Crippen LogP contribution is -2.52. The molecule has 0 aromatic carbocycles. The van der Waals surface area contributed by atoms with Gasteiger partial charge < -0.3 is 4.90 Å². The Bertz CT molecular complexity index is 376. The molecule has 1 aliphatic heterocycles. The second-order valence-corrected chi connectivity index (χ2v) is 5.15. The fourth-order valence-electron chi connectivity index (χ4n) is 1.41. The highest BCUT2D eigenvalue weighted by Gasteiger charge is 2.18. The molecule has 0 atom stereocenters. The third kappa shape index (κ3) is 2.88. The molecule has 0 unspecified atom stereocenters. The molecule has 0 spiro atoms. The van der Waals surface area contributed by atoms with Crippen LogP contribution >= 0.6 is 22.9 Å². The van der Waals surface area contributed by atoms with Gasteiger partial charge in [-0.1, -0.05) is 11.3 Å². The van der Waals surface area contributed by atoms with Crippen molar-refractivity contribution in [1.29, 1.82) is 0 Å². The summed E-state index contributed by atoms with van der Waals surface area (Å²) in [7, 11) is 2.06. The first-order valence-corrected chi connectivity index (χ1v) is 6.08. The van der Waals surface area contributed by atoms with Gasteiger partial charge in [0.15, 0.2) is 0 Å². The fourth-order valence-corrected chi connectivity index (χ4v) is 2.12. The van der Waals surface area contributed by atoms with Gasteiger partial charge in [-0.2, -0.15) is 0 Å². The Balaban J connectivity index is 1.88. The van der Waals surface area contributed by atoms with Crippen LogP contribution in [-0.2, 0) is 0 Å². The molecule has 88 valence electrons. The Kier molecular flexibility index (Phi) is 3.70. The minimum Gasteiger partial charge on any atom is -0.304 e. The molecule has 8 heteroatoms. The normalized spacial score (nSPS) is 18.6. The molecule has 1 saturated heterocycles. The predicted octanol–water partition coefficient (Wildman–Crippen LogP) is 0.0837. The first-order chi connectivity index (χ1) is 7.65. The van der Waals surface area contributed by atoms with Gasteiger partial charge >= 0.3 is 0 Å². The number of likely N-dealkylation sites (N-methyl/N-ethyl adjacent to an activating group) is 1. The van der Waals surface area contributed by atoms with Crippen molar-refractivity contribution in [3.8, 4) is 0 Å². The number of carbonyl (C=O) groups excluding carboxylic acids is 1. The van der Waals surface area contributed by atoms with Crippen molar-refractivity contribution in [3.63, 3.8) is 0 Å². The van der Waals surface area contributed by atoms with Gasteiger partial charge in [0.1, 0.15) is 0 Å². The van der Waals surface area contributed by atoms with Crippen molar-refractivity contribution in [2.45, 2.75) is 0 Å². The molecule has 0 saturated carbocycles. The van der Waals surface area contributed by atoms with Gasteiger partial charge in [0.2, 0.25) is 9.47 Å². The summed E-state index contributed by atoms with van der Waals surface area (Å²) in [6.07, 6.45) is 0. The molecule has 1 aliphatic rings. The summed E-state index contributed by atoms with van der Waals surface area (Å²) in [5.74, 6) is -0.242. The lowest BCUT2D eigenvalue weighted by atomic mass is 10.4. The van der Waals surface area contributed by atoms with Crippen LogP contribution in [0.2, 0.25) is 4.47 Å². The number of nitrogens with one attached hydrogen (secondary N) is 1. The van der Waals surface area contributed by atoms with E-state index in [1.807, 2.05) is 5.01 Å². The van der Waals surface area contributed by atoms with Crippen molar-refractivity contribution in [3.05, 3.63) is 9.47 Å². The van der Waals surface area contributed by atoms with Crippen LogP contribution in [0.25, 0.3) is 0 Å². The van der Waals surface area contributed by atoms with Crippen molar-refractivity contribution >= 4 is 28.8 Å². The van der Waals surface area contributed by atoms with Crippen LogP contribution in [0.15, 0.2) is 0 Å². The second-order valence-electron chi connectivity index (χ2n) is 3.59. The number of piperazine rings is 1. The molecule has 1 fully saturated rings. The van der Waals surface area contributed by atoms with Crippen LogP contribution < -0.4 is 5.43 Å². The zero-order valence-electron chi connectivity index (χ0n) is 8.81. The molecule has 1 aromatic rings. The van der Waals surface area contributed by atoms with E-state index in [1.165, 1.54) is 0 Å². The molecule has 0 bridgehead atoms. The number of halogens is 1. The summed E-state index contributed by atoms with van der Waals surface area (Å²) in [5.41, 5.74) is 2.79.